The summed E-state index contributed by atoms with van der Waals surface area (Å²) in [6.07, 6.45) is 4.70. The van der Waals surface area contributed by atoms with E-state index in [1.54, 1.807) is 0 Å². The molecule has 0 saturated heterocycles. The highest BCUT2D eigenvalue weighted by molar-refractivity contribution is 5.78. The molecule has 1 aliphatic carbocycles. The molecule has 0 bridgehead atoms. The minimum Gasteiger partial charge on any atom is -0.480 e. The fraction of sp³-hybridized carbons (Fsp3) is 0.429. The van der Waals surface area contributed by atoms with Crippen molar-refractivity contribution in [3.05, 3.63) is 30.1 Å². The van der Waals surface area contributed by atoms with Gasteiger partial charge in [-0.1, -0.05) is 25.0 Å². The van der Waals surface area contributed by atoms with Crippen LogP contribution in [0.1, 0.15) is 37.4 Å². The zero-order chi connectivity index (χ0) is 12.5. The molecular formula is C14H16N2O2. The highest BCUT2D eigenvalue weighted by atomic mass is 16.4. The molecule has 18 heavy (non-hydrogen) atoms. The SMILES string of the molecule is O=C(O)Cn1c(C2CCCC2)nc2ccccc21. The van der Waals surface area contributed by atoms with Crippen molar-refractivity contribution in [1.82, 2.24) is 9.55 Å². The first-order valence-electron chi connectivity index (χ1n) is 6.42. The van der Waals surface area contributed by atoms with E-state index < -0.39 is 5.97 Å². The van der Waals surface area contributed by atoms with Gasteiger partial charge in [-0.25, -0.2) is 4.98 Å². The largest absolute Gasteiger partial charge is 0.480 e. The second-order valence-corrected chi connectivity index (χ2v) is 4.92. The number of para-hydroxylation sites is 2. The lowest BCUT2D eigenvalue weighted by Crippen LogP contribution is -2.13. The third kappa shape index (κ3) is 1.88. The molecule has 0 aliphatic heterocycles. The molecule has 0 radical (unpaired) electrons. The van der Waals surface area contributed by atoms with E-state index in [1.165, 1.54) is 12.8 Å². The molecule has 4 nitrogen and oxygen atoms in total. The summed E-state index contributed by atoms with van der Waals surface area (Å²) in [5, 5.41) is 9.06. The van der Waals surface area contributed by atoms with Gasteiger partial charge in [0.1, 0.15) is 12.4 Å². The van der Waals surface area contributed by atoms with Gasteiger partial charge in [0, 0.05) is 5.92 Å². The average molecular weight is 244 g/mol. The third-order valence-electron chi connectivity index (χ3n) is 3.70. The maximum Gasteiger partial charge on any atom is 0.323 e. The Hall–Kier alpha value is -1.84. The molecule has 0 unspecified atom stereocenters. The highest BCUT2D eigenvalue weighted by Gasteiger charge is 2.24. The van der Waals surface area contributed by atoms with Crippen LogP contribution < -0.4 is 0 Å². The molecule has 1 N–H and O–H groups in total. The van der Waals surface area contributed by atoms with E-state index in [1.807, 2.05) is 28.8 Å². The van der Waals surface area contributed by atoms with Crippen molar-refractivity contribution < 1.29 is 9.90 Å². The molecule has 3 rings (SSSR count). The van der Waals surface area contributed by atoms with Gasteiger partial charge in [-0.15, -0.1) is 0 Å². The lowest BCUT2D eigenvalue weighted by atomic mass is 10.1. The number of aromatic nitrogens is 2. The zero-order valence-electron chi connectivity index (χ0n) is 10.2. The van der Waals surface area contributed by atoms with Crippen molar-refractivity contribution in [3.63, 3.8) is 0 Å². The van der Waals surface area contributed by atoms with Gasteiger partial charge < -0.3 is 9.67 Å². The van der Waals surface area contributed by atoms with Gasteiger partial charge in [0.2, 0.25) is 0 Å². The highest BCUT2D eigenvalue weighted by Crippen LogP contribution is 2.35. The maximum atomic E-state index is 11.0. The van der Waals surface area contributed by atoms with E-state index in [4.69, 9.17) is 5.11 Å². The van der Waals surface area contributed by atoms with Gasteiger partial charge in [-0.2, -0.15) is 0 Å². The van der Waals surface area contributed by atoms with Crippen LogP contribution >= 0.6 is 0 Å². The summed E-state index contributed by atoms with van der Waals surface area (Å²) in [6.45, 7) is 0.00630. The molecule has 1 saturated carbocycles. The number of nitrogens with zero attached hydrogens (tertiary/aromatic N) is 2. The van der Waals surface area contributed by atoms with Gasteiger partial charge >= 0.3 is 5.97 Å². The van der Waals surface area contributed by atoms with Gasteiger partial charge in [0.15, 0.2) is 0 Å². The monoisotopic (exact) mass is 244 g/mol. The molecular weight excluding hydrogens is 228 g/mol. The second-order valence-electron chi connectivity index (χ2n) is 4.92. The van der Waals surface area contributed by atoms with Crippen molar-refractivity contribution in [2.45, 2.75) is 38.1 Å². The Morgan fingerprint density at radius 1 is 1.33 bits per heavy atom. The number of rotatable bonds is 3. The molecule has 1 fully saturated rings. The number of imidazole rings is 1. The molecule has 1 heterocycles. The molecule has 0 amide bonds. The van der Waals surface area contributed by atoms with E-state index >= 15 is 0 Å². The number of carbonyl (C=O) groups is 1. The number of fused-ring (bicyclic) bond motifs is 1. The molecule has 0 spiro atoms. The Morgan fingerprint density at radius 2 is 2.06 bits per heavy atom. The molecule has 1 aromatic heterocycles. The fourth-order valence-corrected chi connectivity index (χ4v) is 2.89. The summed E-state index contributed by atoms with van der Waals surface area (Å²) >= 11 is 0. The molecule has 1 aromatic carbocycles. The Labute approximate surface area is 105 Å². The smallest absolute Gasteiger partial charge is 0.323 e. The zero-order valence-corrected chi connectivity index (χ0v) is 10.2. The van der Waals surface area contributed by atoms with E-state index in [9.17, 15) is 4.79 Å². The normalized spacial score (nSPS) is 16.4. The second kappa shape index (κ2) is 4.44. The Balaban J connectivity index is 2.12. The lowest BCUT2D eigenvalue weighted by Gasteiger charge is -2.11. The Kier molecular flexibility index (Phi) is 2.78. The molecule has 2 aromatic rings. The number of carboxylic acids is 1. The number of carboxylic acid groups (broad SMARTS) is 1. The van der Waals surface area contributed by atoms with Gasteiger partial charge in [0.05, 0.1) is 11.0 Å². The number of hydrogen-bond donors (Lipinski definition) is 1. The summed E-state index contributed by atoms with van der Waals surface area (Å²) in [5.41, 5.74) is 1.84. The van der Waals surface area contributed by atoms with Crippen LogP contribution in [0.25, 0.3) is 11.0 Å². The molecule has 0 atom stereocenters. The van der Waals surface area contributed by atoms with E-state index in [0.717, 1.165) is 29.7 Å². The van der Waals surface area contributed by atoms with E-state index in [-0.39, 0.29) is 6.54 Å². The summed E-state index contributed by atoms with van der Waals surface area (Å²) in [7, 11) is 0. The topological polar surface area (TPSA) is 55.1 Å². The Morgan fingerprint density at radius 3 is 2.78 bits per heavy atom. The first-order chi connectivity index (χ1) is 8.75. The first-order valence-corrected chi connectivity index (χ1v) is 6.42. The van der Waals surface area contributed by atoms with Crippen LogP contribution in [-0.4, -0.2) is 20.6 Å². The standard InChI is InChI=1S/C14H16N2O2/c17-13(18)9-16-12-8-4-3-7-11(12)15-14(16)10-5-1-2-6-10/h3-4,7-8,10H,1-2,5-6,9H2,(H,17,18). The molecule has 94 valence electrons. The van der Waals surface area contributed by atoms with E-state index in [2.05, 4.69) is 4.98 Å². The van der Waals surface area contributed by atoms with Crippen LogP contribution in [0.5, 0.6) is 0 Å². The first kappa shape index (κ1) is 11.3. The molecule has 4 heteroatoms. The minimum absolute atomic E-state index is 0.00630. The quantitative estimate of drug-likeness (QED) is 0.903. The Bertz CT molecular complexity index is 582. The molecule has 1 aliphatic rings. The lowest BCUT2D eigenvalue weighted by molar-refractivity contribution is -0.137. The van der Waals surface area contributed by atoms with Crippen molar-refractivity contribution in [3.8, 4) is 0 Å². The van der Waals surface area contributed by atoms with Crippen molar-refractivity contribution in [1.29, 1.82) is 0 Å². The fourth-order valence-electron chi connectivity index (χ4n) is 2.89. The van der Waals surface area contributed by atoms with Crippen LogP contribution in [0.15, 0.2) is 24.3 Å². The number of benzene rings is 1. The van der Waals surface area contributed by atoms with Crippen molar-refractivity contribution in [2.75, 3.05) is 0 Å². The summed E-state index contributed by atoms with van der Waals surface area (Å²) in [5.74, 6) is 0.574. The van der Waals surface area contributed by atoms with Gasteiger partial charge in [-0.05, 0) is 25.0 Å². The van der Waals surface area contributed by atoms with Crippen LogP contribution in [-0.2, 0) is 11.3 Å². The van der Waals surface area contributed by atoms with Crippen LogP contribution in [0.3, 0.4) is 0 Å². The summed E-state index contributed by atoms with van der Waals surface area (Å²) < 4.78 is 1.87. The predicted molar refractivity (Wildman–Crippen MR) is 68.6 cm³/mol. The van der Waals surface area contributed by atoms with Gasteiger partial charge in [-0.3, -0.25) is 4.79 Å². The minimum atomic E-state index is -0.808. The maximum absolute atomic E-state index is 11.0. The number of hydrogen-bond acceptors (Lipinski definition) is 2. The number of aliphatic carboxylic acids is 1. The van der Waals surface area contributed by atoms with Crippen molar-refractivity contribution >= 4 is 17.0 Å². The third-order valence-corrected chi connectivity index (χ3v) is 3.70. The van der Waals surface area contributed by atoms with E-state index in [0.29, 0.717) is 5.92 Å². The summed E-state index contributed by atoms with van der Waals surface area (Å²) in [4.78, 5) is 15.7. The van der Waals surface area contributed by atoms with Gasteiger partial charge in [0.25, 0.3) is 0 Å². The van der Waals surface area contributed by atoms with Crippen LogP contribution in [0.4, 0.5) is 0 Å². The van der Waals surface area contributed by atoms with Crippen LogP contribution in [0.2, 0.25) is 0 Å². The predicted octanol–water partition coefficient (Wildman–Crippen LogP) is 2.78. The van der Waals surface area contributed by atoms with Crippen molar-refractivity contribution in [2.24, 2.45) is 0 Å². The van der Waals surface area contributed by atoms with Crippen LogP contribution in [0, 0.1) is 0 Å². The average Bonchev–Trinajstić information content (AvgIpc) is 2.96. The summed E-state index contributed by atoms with van der Waals surface area (Å²) in [6, 6.07) is 7.77.